The molecule has 0 N–H and O–H groups in total. The largest absolute Gasteiger partial charge is 0.343 e. The molecule has 1 nitrogen and oxygen atoms in total. The second-order valence-corrected chi connectivity index (χ2v) is 1.20. The second kappa shape index (κ2) is 1.15. The Balaban J connectivity index is 2.20. The molecule has 0 aromatic heterocycles. The highest BCUT2D eigenvalue weighted by atomic mass is 19.2. The lowest BCUT2D eigenvalue weighted by Crippen LogP contribution is -2.37. The van der Waals surface area contributed by atoms with Crippen molar-refractivity contribution >= 4 is 0 Å². The minimum absolute atomic E-state index is 0.0683. The molecular formula is C3H4F2O. The molecule has 1 aliphatic rings. The molecule has 0 unspecified atom stereocenters. The highest BCUT2D eigenvalue weighted by Gasteiger charge is 2.31. The summed E-state index contributed by atoms with van der Waals surface area (Å²) in [5.41, 5.74) is 0. The van der Waals surface area contributed by atoms with Crippen molar-refractivity contribution in [3.63, 3.8) is 0 Å². The first kappa shape index (κ1) is 3.99. The highest BCUT2D eigenvalue weighted by Crippen LogP contribution is 2.15. The maximum Gasteiger partial charge on any atom is 0.232 e. The normalized spacial score (nSPS) is 45.0. The summed E-state index contributed by atoms with van der Waals surface area (Å²) in [7, 11) is 0. The number of rotatable bonds is 0. The van der Waals surface area contributed by atoms with Gasteiger partial charge in [0.15, 0.2) is 6.17 Å². The van der Waals surface area contributed by atoms with Crippen LogP contribution in [0.15, 0.2) is 0 Å². The second-order valence-electron chi connectivity index (χ2n) is 1.20. The number of halogens is 2. The maximum absolute atomic E-state index is 11.4. The third-order valence-corrected chi connectivity index (χ3v) is 0.699. The first-order valence-corrected chi connectivity index (χ1v) is 1.70. The van der Waals surface area contributed by atoms with Crippen LogP contribution in [0.2, 0.25) is 0 Å². The fraction of sp³-hybridized carbons (Fsp3) is 1.00. The van der Waals surface area contributed by atoms with Crippen molar-refractivity contribution in [1.29, 1.82) is 0 Å². The predicted molar refractivity (Wildman–Crippen MR) is 15.7 cm³/mol. The van der Waals surface area contributed by atoms with Crippen molar-refractivity contribution in [1.82, 2.24) is 0 Å². The monoisotopic (exact) mass is 94.0 g/mol. The van der Waals surface area contributed by atoms with Gasteiger partial charge in [0.25, 0.3) is 0 Å². The van der Waals surface area contributed by atoms with Crippen molar-refractivity contribution in [2.45, 2.75) is 12.5 Å². The average molecular weight is 94.1 g/mol. The Morgan fingerprint density at radius 3 is 2.00 bits per heavy atom. The molecule has 1 heterocycles. The maximum atomic E-state index is 11.4. The van der Waals surface area contributed by atoms with E-state index in [2.05, 4.69) is 4.74 Å². The van der Waals surface area contributed by atoms with E-state index in [-0.39, 0.29) is 6.61 Å². The molecule has 1 saturated heterocycles. The van der Waals surface area contributed by atoms with Crippen LogP contribution in [0.25, 0.3) is 0 Å². The molecule has 6 heavy (non-hydrogen) atoms. The van der Waals surface area contributed by atoms with Gasteiger partial charge in [-0.1, -0.05) is 0 Å². The molecule has 0 radical (unpaired) electrons. The van der Waals surface area contributed by atoms with Gasteiger partial charge in [-0.15, -0.1) is 0 Å². The summed E-state index contributed by atoms with van der Waals surface area (Å²) in [6, 6.07) is 0. The lowest BCUT2D eigenvalue weighted by molar-refractivity contribution is -0.193. The van der Waals surface area contributed by atoms with E-state index >= 15 is 0 Å². The van der Waals surface area contributed by atoms with Gasteiger partial charge in [0.2, 0.25) is 6.36 Å². The summed E-state index contributed by atoms with van der Waals surface area (Å²) in [6.45, 7) is -0.0683. The van der Waals surface area contributed by atoms with Crippen LogP contribution in [-0.2, 0) is 4.74 Å². The Morgan fingerprint density at radius 2 is 2.00 bits per heavy atom. The third kappa shape index (κ3) is 0.391. The van der Waals surface area contributed by atoms with Crippen LogP contribution in [0.4, 0.5) is 8.78 Å². The van der Waals surface area contributed by atoms with Gasteiger partial charge in [0.05, 0.1) is 6.61 Å². The molecule has 0 saturated carbocycles. The summed E-state index contributed by atoms with van der Waals surface area (Å²) in [4.78, 5) is 0. The average Bonchev–Trinajstić information content (AvgIpc) is 1.61. The molecule has 2 atom stereocenters. The lowest BCUT2D eigenvalue weighted by atomic mass is 10.3. The molecule has 0 bridgehead atoms. The van der Waals surface area contributed by atoms with Gasteiger partial charge in [0, 0.05) is 0 Å². The molecule has 1 rings (SSSR count). The van der Waals surface area contributed by atoms with E-state index < -0.39 is 12.5 Å². The van der Waals surface area contributed by atoms with Crippen LogP contribution in [0, 0.1) is 0 Å². The minimum atomic E-state index is -1.63. The summed E-state index contributed by atoms with van der Waals surface area (Å²) in [5, 5.41) is 0. The summed E-state index contributed by atoms with van der Waals surface area (Å²) in [6.07, 6.45) is -2.99. The van der Waals surface area contributed by atoms with E-state index in [1.54, 1.807) is 0 Å². The highest BCUT2D eigenvalue weighted by molar-refractivity contribution is 4.66. The number of ether oxygens (including phenoxy) is 1. The Bertz CT molecular complexity index is 48.8. The lowest BCUT2D eigenvalue weighted by Gasteiger charge is -2.22. The Labute approximate surface area is 33.9 Å². The molecule has 3 heteroatoms. The molecule has 0 spiro atoms. The van der Waals surface area contributed by atoms with E-state index in [1.165, 1.54) is 0 Å². The smallest absolute Gasteiger partial charge is 0.232 e. The van der Waals surface area contributed by atoms with Crippen LogP contribution in [-0.4, -0.2) is 19.1 Å². The van der Waals surface area contributed by atoms with Crippen molar-refractivity contribution < 1.29 is 13.5 Å². The van der Waals surface area contributed by atoms with Crippen molar-refractivity contribution in [2.75, 3.05) is 6.61 Å². The summed E-state index contributed by atoms with van der Waals surface area (Å²) in [5.74, 6) is 0. The van der Waals surface area contributed by atoms with Gasteiger partial charge in [-0.3, -0.25) is 0 Å². The van der Waals surface area contributed by atoms with Gasteiger partial charge in [-0.05, 0) is 0 Å². The Kier molecular flexibility index (Phi) is 0.765. The van der Waals surface area contributed by atoms with Crippen molar-refractivity contribution in [2.24, 2.45) is 0 Å². The molecule has 0 amide bonds. The van der Waals surface area contributed by atoms with Gasteiger partial charge in [-0.25, -0.2) is 8.78 Å². The molecule has 1 fully saturated rings. The Morgan fingerprint density at radius 1 is 1.50 bits per heavy atom. The van der Waals surface area contributed by atoms with Crippen LogP contribution in [0.1, 0.15) is 0 Å². The number of hydrogen-bond acceptors (Lipinski definition) is 1. The van der Waals surface area contributed by atoms with E-state index in [0.29, 0.717) is 0 Å². The van der Waals surface area contributed by atoms with Gasteiger partial charge < -0.3 is 4.74 Å². The first-order valence-electron chi connectivity index (χ1n) is 1.70. The third-order valence-electron chi connectivity index (χ3n) is 0.699. The van der Waals surface area contributed by atoms with E-state index in [0.717, 1.165) is 0 Å². The quantitative estimate of drug-likeness (QED) is 0.428. The predicted octanol–water partition coefficient (Wildman–Crippen LogP) is 0.650. The minimum Gasteiger partial charge on any atom is -0.343 e. The van der Waals surface area contributed by atoms with E-state index in [4.69, 9.17) is 0 Å². The topological polar surface area (TPSA) is 9.23 Å². The van der Waals surface area contributed by atoms with E-state index in [9.17, 15) is 8.78 Å². The van der Waals surface area contributed by atoms with Crippen LogP contribution in [0.3, 0.4) is 0 Å². The number of hydrogen-bond donors (Lipinski definition) is 0. The summed E-state index contributed by atoms with van der Waals surface area (Å²) < 4.78 is 26.7. The van der Waals surface area contributed by atoms with Gasteiger partial charge >= 0.3 is 0 Å². The Hall–Kier alpha value is -0.180. The molecular weight excluding hydrogens is 90.0 g/mol. The molecule has 0 aliphatic carbocycles. The van der Waals surface area contributed by atoms with Gasteiger partial charge in [-0.2, -0.15) is 0 Å². The van der Waals surface area contributed by atoms with Crippen molar-refractivity contribution in [3.05, 3.63) is 0 Å². The fourth-order valence-corrected chi connectivity index (χ4v) is 0.242. The molecule has 0 aromatic rings. The zero-order valence-electron chi connectivity index (χ0n) is 3.03. The molecule has 0 aromatic carbocycles. The van der Waals surface area contributed by atoms with Crippen LogP contribution >= 0.6 is 0 Å². The standard InChI is InChI=1S/C3H4F2O/c4-2-1-6-3(2)5/h2-3H,1H2/t2-,3+/m0/s1. The zero-order chi connectivity index (χ0) is 4.57. The first-order chi connectivity index (χ1) is 2.80. The number of alkyl halides is 2. The fourth-order valence-electron chi connectivity index (χ4n) is 0.242. The van der Waals surface area contributed by atoms with Crippen molar-refractivity contribution in [3.8, 4) is 0 Å². The van der Waals surface area contributed by atoms with Crippen LogP contribution < -0.4 is 0 Å². The summed E-state index contributed by atoms with van der Waals surface area (Å²) >= 11 is 0. The van der Waals surface area contributed by atoms with Crippen LogP contribution in [0.5, 0.6) is 0 Å². The SMILES string of the molecule is F[C@@H]1OC[C@@H]1F. The van der Waals surface area contributed by atoms with E-state index in [1.807, 2.05) is 0 Å². The molecule has 1 aliphatic heterocycles. The van der Waals surface area contributed by atoms with Gasteiger partial charge in [0.1, 0.15) is 0 Å². The molecule has 36 valence electrons. The zero-order valence-corrected chi connectivity index (χ0v) is 3.03.